The Kier molecular flexibility index (Phi) is 4.46. The van der Waals surface area contributed by atoms with E-state index >= 15 is 0 Å². The van der Waals surface area contributed by atoms with Crippen molar-refractivity contribution in [2.75, 3.05) is 0 Å². The molecule has 0 heterocycles. The Hall–Kier alpha value is -1.86. The summed E-state index contributed by atoms with van der Waals surface area (Å²) in [5, 5.41) is 27.3. The lowest BCUT2D eigenvalue weighted by Crippen LogP contribution is -2.23. The van der Waals surface area contributed by atoms with Crippen LogP contribution in [0.3, 0.4) is 0 Å². The summed E-state index contributed by atoms with van der Waals surface area (Å²) in [5.41, 5.74) is -1.42. The molecule has 0 aromatic heterocycles. The van der Waals surface area contributed by atoms with Crippen LogP contribution in [-0.4, -0.2) is 33.7 Å². The van der Waals surface area contributed by atoms with E-state index in [-0.39, 0.29) is 6.29 Å². The summed E-state index contributed by atoms with van der Waals surface area (Å²) < 4.78 is 26.6. The fourth-order valence-electron chi connectivity index (χ4n) is 1.42. The number of aldehydes is 1. The second-order valence-electron chi connectivity index (χ2n) is 3.59. The van der Waals surface area contributed by atoms with Crippen LogP contribution in [0, 0.1) is 11.6 Å². The predicted octanol–water partition coefficient (Wildman–Crippen LogP) is 0.646. The van der Waals surface area contributed by atoms with Crippen molar-refractivity contribution < 1.29 is 33.7 Å². The van der Waals surface area contributed by atoms with Crippen molar-refractivity contribution in [3.63, 3.8) is 0 Å². The average molecular weight is 260 g/mol. The van der Waals surface area contributed by atoms with Gasteiger partial charge in [0.25, 0.3) is 0 Å². The molecule has 1 aromatic rings. The standard InChI is InChI=1S/C11H10F2O5/c12-7-2-1-5(10(13)6(7)4-14)11(18)8(15)3-9(16)17/h1-2,4,8,11,15,18H,3H2,(H,16,17). The summed E-state index contributed by atoms with van der Waals surface area (Å²) in [6.45, 7) is 0. The fraction of sp³-hybridized carbons (Fsp3) is 0.273. The van der Waals surface area contributed by atoms with E-state index in [0.29, 0.717) is 0 Å². The zero-order valence-corrected chi connectivity index (χ0v) is 9.01. The van der Waals surface area contributed by atoms with Crippen molar-refractivity contribution in [1.29, 1.82) is 0 Å². The summed E-state index contributed by atoms with van der Waals surface area (Å²) in [6, 6.07) is 1.59. The van der Waals surface area contributed by atoms with Crippen LogP contribution >= 0.6 is 0 Å². The zero-order chi connectivity index (χ0) is 13.9. The topological polar surface area (TPSA) is 94.8 Å². The lowest BCUT2D eigenvalue weighted by molar-refractivity contribution is -0.141. The van der Waals surface area contributed by atoms with Gasteiger partial charge in [-0.25, -0.2) is 8.78 Å². The zero-order valence-electron chi connectivity index (χ0n) is 9.01. The molecule has 0 aliphatic heterocycles. The number of carboxylic acid groups (broad SMARTS) is 1. The number of aliphatic hydroxyl groups excluding tert-OH is 2. The smallest absolute Gasteiger partial charge is 0.306 e. The Bertz CT molecular complexity index is 475. The molecule has 0 radical (unpaired) electrons. The molecule has 0 amide bonds. The Morgan fingerprint density at radius 3 is 2.44 bits per heavy atom. The van der Waals surface area contributed by atoms with Crippen LogP contribution in [0.15, 0.2) is 12.1 Å². The lowest BCUT2D eigenvalue weighted by Gasteiger charge is -2.17. The van der Waals surface area contributed by atoms with Crippen molar-refractivity contribution in [2.45, 2.75) is 18.6 Å². The highest BCUT2D eigenvalue weighted by Crippen LogP contribution is 2.25. The number of halogens is 2. The van der Waals surface area contributed by atoms with Gasteiger partial charge in [0.15, 0.2) is 6.29 Å². The first-order valence-electron chi connectivity index (χ1n) is 4.89. The Morgan fingerprint density at radius 2 is 1.94 bits per heavy atom. The SMILES string of the molecule is O=Cc1c(F)ccc(C(O)C(O)CC(=O)O)c1F. The van der Waals surface area contributed by atoms with Crippen molar-refractivity contribution in [1.82, 2.24) is 0 Å². The number of aliphatic carboxylic acids is 1. The number of aliphatic hydroxyl groups is 2. The van der Waals surface area contributed by atoms with E-state index in [1.165, 1.54) is 0 Å². The molecular formula is C11H10F2O5. The molecule has 0 aliphatic carbocycles. The number of hydrogen-bond donors (Lipinski definition) is 3. The molecule has 18 heavy (non-hydrogen) atoms. The highest BCUT2D eigenvalue weighted by atomic mass is 19.1. The highest BCUT2D eigenvalue weighted by Gasteiger charge is 2.26. The van der Waals surface area contributed by atoms with Gasteiger partial charge in [-0.05, 0) is 6.07 Å². The molecule has 0 bridgehead atoms. The molecule has 0 saturated heterocycles. The molecule has 7 heteroatoms. The van der Waals surface area contributed by atoms with E-state index in [1.54, 1.807) is 0 Å². The molecule has 0 aliphatic rings. The van der Waals surface area contributed by atoms with E-state index in [1.807, 2.05) is 0 Å². The molecule has 0 spiro atoms. The van der Waals surface area contributed by atoms with Crippen LogP contribution in [-0.2, 0) is 4.79 Å². The molecule has 98 valence electrons. The molecule has 0 saturated carbocycles. The highest BCUT2D eigenvalue weighted by molar-refractivity contribution is 5.76. The summed E-state index contributed by atoms with van der Waals surface area (Å²) in [6.07, 6.45) is -4.50. The molecule has 1 rings (SSSR count). The lowest BCUT2D eigenvalue weighted by atomic mass is 9.99. The van der Waals surface area contributed by atoms with Crippen molar-refractivity contribution in [3.05, 3.63) is 34.9 Å². The van der Waals surface area contributed by atoms with Crippen molar-refractivity contribution in [3.8, 4) is 0 Å². The van der Waals surface area contributed by atoms with E-state index in [0.717, 1.165) is 12.1 Å². The normalized spacial score (nSPS) is 14.0. The third kappa shape index (κ3) is 2.88. The van der Waals surface area contributed by atoms with E-state index in [9.17, 15) is 28.6 Å². The molecular weight excluding hydrogens is 250 g/mol. The first-order valence-corrected chi connectivity index (χ1v) is 4.89. The number of benzene rings is 1. The van der Waals surface area contributed by atoms with Crippen molar-refractivity contribution >= 4 is 12.3 Å². The van der Waals surface area contributed by atoms with Gasteiger partial charge in [0.05, 0.1) is 18.1 Å². The van der Waals surface area contributed by atoms with E-state index in [4.69, 9.17) is 5.11 Å². The van der Waals surface area contributed by atoms with Gasteiger partial charge in [-0.3, -0.25) is 9.59 Å². The summed E-state index contributed by atoms with van der Waals surface area (Å²) in [7, 11) is 0. The third-order valence-corrected chi connectivity index (χ3v) is 2.34. The maximum absolute atomic E-state index is 13.6. The Labute approximate surface area is 100 Å². The molecule has 3 N–H and O–H groups in total. The molecule has 2 unspecified atom stereocenters. The number of carboxylic acids is 1. The van der Waals surface area contributed by atoms with Gasteiger partial charge in [0, 0.05) is 5.56 Å². The second-order valence-corrected chi connectivity index (χ2v) is 3.59. The largest absolute Gasteiger partial charge is 0.481 e. The van der Waals surface area contributed by atoms with E-state index in [2.05, 4.69) is 0 Å². The Morgan fingerprint density at radius 1 is 1.33 bits per heavy atom. The number of carbonyl (C=O) groups excluding carboxylic acids is 1. The molecule has 1 aromatic carbocycles. The van der Waals surface area contributed by atoms with Crippen LogP contribution in [0.5, 0.6) is 0 Å². The summed E-state index contributed by atoms with van der Waals surface area (Å²) in [4.78, 5) is 20.8. The van der Waals surface area contributed by atoms with Crippen molar-refractivity contribution in [2.24, 2.45) is 0 Å². The minimum absolute atomic E-state index is 0.0650. The Balaban J connectivity index is 3.10. The van der Waals surface area contributed by atoms with Gasteiger partial charge in [-0.2, -0.15) is 0 Å². The van der Waals surface area contributed by atoms with Crippen LogP contribution in [0.25, 0.3) is 0 Å². The van der Waals surface area contributed by atoms with Crippen LogP contribution in [0.1, 0.15) is 28.4 Å². The minimum atomic E-state index is -1.86. The summed E-state index contributed by atoms with van der Waals surface area (Å²) >= 11 is 0. The quantitative estimate of drug-likeness (QED) is 0.675. The van der Waals surface area contributed by atoms with Gasteiger partial charge in [-0.1, -0.05) is 6.07 Å². The molecule has 5 nitrogen and oxygen atoms in total. The van der Waals surface area contributed by atoms with Crippen LogP contribution < -0.4 is 0 Å². The summed E-state index contributed by atoms with van der Waals surface area (Å²) in [5.74, 6) is -3.81. The number of carbonyl (C=O) groups is 2. The van der Waals surface area contributed by atoms with Crippen LogP contribution in [0.2, 0.25) is 0 Å². The predicted molar refractivity (Wildman–Crippen MR) is 55.0 cm³/mol. The third-order valence-electron chi connectivity index (χ3n) is 2.34. The second kappa shape index (κ2) is 5.65. The first kappa shape index (κ1) is 14.2. The van der Waals surface area contributed by atoms with Gasteiger partial charge in [0.1, 0.15) is 17.7 Å². The maximum atomic E-state index is 13.6. The molecule has 2 atom stereocenters. The maximum Gasteiger partial charge on any atom is 0.306 e. The van der Waals surface area contributed by atoms with Gasteiger partial charge in [-0.15, -0.1) is 0 Å². The number of rotatable bonds is 5. The average Bonchev–Trinajstić information content (AvgIpc) is 2.28. The van der Waals surface area contributed by atoms with Gasteiger partial charge >= 0.3 is 5.97 Å². The van der Waals surface area contributed by atoms with Gasteiger partial charge in [0.2, 0.25) is 0 Å². The fourth-order valence-corrected chi connectivity index (χ4v) is 1.42. The monoisotopic (exact) mass is 260 g/mol. The van der Waals surface area contributed by atoms with Gasteiger partial charge < -0.3 is 15.3 Å². The van der Waals surface area contributed by atoms with E-state index < -0.39 is 47.4 Å². The first-order chi connectivity index (χ1) is 8.38. The molecule has 0 fully saturated rings. The van der Waals surface area contributed by atoms with Crippen LogP contribution in [0.4, 0.5) is 8.78 Å². The number of hydrogen-bond acceptors (Lipinski definition) is 4. The minimum Gasteiger partial charge on any atom is -0.481 e.